The molecule has 1 heterocycles. The van der Waals surface area contributed by atoms with Crippen molar-refractivity contribution in [1.29, 1.82) is 5.26 Å². The van der Waals surface area contributed by atoms with Crippen molar-refractivity contribution in [3.05, 3.63) is 59.9 Å². The molecule has 0 spiro atoms. The summed E-state index contributed by atoms with van der Waals surface area (Å²) in [6, 6.07) is 13.6. The maximum Gasteiger partial charge on any atom is 0.244 e. The fourth-order valence-electron chi connectivity index (χ4n) is 3.02. The molecule has 1 amide bonds. The molecule has 0 aliphatic carbocycles. The highest BCUT2D eigenvalue weighted by Crippen LogP contribution is 2.21. The number of hydrogen-bond acceptors (Lipinski definition) is 5. The summed E-state index contributed by atoms with van der Waals surface area (Å²) in [5.41, 5.74) is 0.485. The molecule has 0 unspecified atom stereocenters. The second kappa shape index (κ2) is 8.48. The van der Waals surface area contributed by atoms with Gasteiger partial charge in [-0.15, -0.1) is 0 Å². The van der Waals surface area contributed by atoms with Gasteiger partial charge in [-0.2, -0.15) is 9.57 Å². The van der Waals surface area contributed by atoms with Crippen molar-refractivity contribution in [2.75, 3.05) is 38.0 Å². The number of halogens is 1. The van der Waals surface area contributed by atoms with Gasteiger partial charge in [-0.1, -0.05) is 18.2 Å². The molecule has 9 heteroatoms. The minimum absolute atomic E-state index is 0.00482. The zero-order valence-corrected chi connectivity index (χ0v) is 15.8. The van der Waals surface area contributed by atoms with Crippen LogP contribution in [0, 0.1) is 17.1 Å². The third-order valence-electron chi connectivity index (χ3n) is 4.43. The van der Waals surface area contributed by atoms with E-state index in [-0.39, 0.29) is 36.0 Å². The maximum absolute atomic E-state index is 13.2. The van der Waals surface area contributed by atoms with Gasteiger partial charge in [-0.25, -0.2) is 12.8 Å². The molecule has 1 fully saturated rings. The van der Waals surface area contributed by atoms with Crippen LogP contribution in [0.15, 0.2) is 53.4 Å². The molecule has 1 aliphatic heterocycles. The molecular weight excluding hydrogens is 383 g/mol. The highest BCUT2D eigenvalue weighted by molar-refractivity contribution is 7.89. The molecule has 0 saturated carbocycles. The largest absolute Gasteiger partial charge is 0.325 e. The van der Waals surface area contributed by atoms with Crippen LogP contribution in [0.3, 0.4) is 0 Å². The smallest absolute Gasteiger partial charge is 0.244 e. The molecule has 3 rings (SSSR count). The van der Waals surface area contributed by atoms with Gasteiger partial charge in [0.25, 0.3) is 0 Å². The van der Waals surface area contributed by atoms with Crippen LogP contribution in [0.1, 0.15) is 5.56 Å². The summed E-state index contributed by atoms with van der Waals surface area (Å²) in [6.45, 7) is 1.28. The van der Waals surface area contributed by atoms with Crippen LogP contribution in [0.25, 0.3) is 0 Å². The standard InChI is InChI=1S/C19H19FN4O3S/c20-16-5-3-6-17(12-16)22-19(25)14-23-8-10-24(11-9-23)28(26,27)18-7-2-1-4-15(18)13-21/h1-7,12H,8-11,14H2,(H,22,25). The Hall–Kier alpha value is -2.80. The van der Waals surface area contributed by atoms with Crippen molar-refractivity contribution >= 4 is 21.6 Å². The zero-order chi connectivity index (χ0) is 20.1. The Balaban J connectivity index is 1.58. The molecule has 0 radical (unpaired) electrons. The summed E-state index contributed by atoms with van der Waals surface area (Å²) in [6.07, 6.45) is 0. The number of nitrogens with zero attached hydrogens (tertiary/aromatic N) is 3. The third kappa shape index (κ3) is 4.54. The molecule has 0 bridgehead atoms. The summed E-state index contributed by atoms with van der Waals surface area (Å²) < 4.78 is 40.1. The van der Waals surface area contributed by atoms with Crippen LogP contribution in [0.2, 0.25) is 0 Å². The fraction of sp³-hybridized carbons (Fsp3) is 0.263. The van der Waals surface area contributed by atoms with Gasteiger partial charge in [-0.3, -0.25) is 9.69 Å². The number of carbonyl (C=O) groups excluding carboxylic acids is 1. The molecule has 1 N–H and O–H groups in total. The van der Waals surface area contributed by atoms with Gasteiger partial charge in [-0.05, 0) is 30.3 Å². The van der Waals surface area contributed by atoms with E-state index in [1.807, 2.05) is 11.0 Å². The average Bonchev–Trinajstić information content (AvgIpc) is 2.68. The Morgan fingerprint density at radius 3 is 2.50 bits per heavy atom. The maximum atomic E-state index is 13.2. The van der Waals surface area contributed by atoms with E-state index < -0.39 is 15.8 Å². The van der Waals surface area contributed by atoms with Crippen LogP contribution in [-0.4, -0.2) is 56.3 Å². The summed E-state index contributed by atoms with van der Waals surface area (Å²) in [5.74, 6) is -0.731. The number of sulfonamides is 1. The first-order valence-electron chi connectivity index (χ1n) is 8.67. The van der Waals surface area contributed by atoms with Crippen LogP contribution in [-0.2, 0) is 14.8 Å². The number of benzene rings is 2. The first-order valence-corrected chi connectivity index (χ1v) is 10.1. The predicted molar refractivity (Wildman–Crippen MR) is 101 cm³/mol. The van der Waals surface area contributed by atoms with Crippen LogP contribution in [0.5, 0.6) is 0 Å². The molecule has 1 aliphatic rings. The summed E-state index contributed by atoms with van der Waals surface area (Å²) in [5, 5.41) is 11.8. The van der Waals surface area contributed by atoms with Gasteiger partial charge in [0, 0.05) is 31.9 Å². The minimum atomic E-state index is -3.77. The van der Waals surface area contributed by atoms with E-state index in [4.69, 9.17) is 5.26 Å². The number of carbonyl (C=O) groups is 1. The normalized spacial score (nSPS) is 15.7. The molecule has 28 heavy (non-hydrogen) atoms. The lowest BCUT2D eigenvalue weighted by atomic mass is 10.2. The van der Waals surface area contributed by atoms with E-state index in [1.54, 1.807) is 18.2 Å². The number of nitrogens with one attached hydrogen (secondary N) is 1. The van der Waals surface area contributed by atoms with Gasteiger partial charge in [0.05, 0.1) is 17.0 Å². The van der Waals surface area contributed by atoms with E-state index in [0.29, 0.717) is 18.8 Å². The molecule has 0 aromatic heterocycles. The molecule has 7 nitrogen and oxygen atoms in total. The Kier molecular flexibility index (Phi) is 6.04. The highest BCUT2D eigenvalue weighted by Gasteiger charge is 2.30. The number of hydrogen-bond donors (Lipinski definition) is 1. The van der Waals surface area contributed by atoms with E-state index in [1.165, 1.54) is 34.6 Å². The SMILES string of the molecule is N#Cc1ccccc1S(=O)(=O)N1CCN(CC(=O)Nc2cccc(F)c2)CC1. The number of anilines is 1. The van der Waals surface area contributed by atoms with Crippen molar-refractivity contribution < 1.29 is 17.6 Å². The third-order valence-corrected chi connectivity index (χ3v) is 6.39. The Morgan fingerprint density at radius 1 is 1.11 bits per heavy atom. The Morgan fingerprint density at radius 2 is 1.82 bits per heavy atom. The first kappa shape index (κ1) is 19.9. The topological polar surface area (TPSA) is 93.5 Å². The zero-order valence-electron chi connectivity index (χ0n) is 15.0. The summed E-state index contributed by atoms with van der Waals surface area (Å²) in [4.78, 5) is 14.0. The van der Waals surface area contributed by atoms with Crippen LogP contribution >= 0.6 is 0 Å². The van der Waals surface area contributed by atoms with Crippen molar-refractivity contribution in [2.24, 2.45) is 0 Å². The van der Waals surface area contributed by atoms with Crippen molar-refractivity contribution in [1.82, 2.24) is 9.21 Å². The lowest BCUT2D eigenvalue weighted by Crippen LogP contribution is -2.50. The van der Waals surface area contributed by atoms with Gasteiger partial charge < -0.3 is 5.32 Å². The monoisotopic (exact) mass is 402 g/mol. The average molecular weight is 402 g/mol. The summed E-state index contributed by atoms with van der Waals surface area (Å²) >= 11 is 0. The molecule has 1 saturated heterocycles. The van der Waals surface area contributed by atoms with Gasteiger partial charge in [0.1, 0.15) is 11.9 Å². The molecule has 2 aromatic rings. The van der Waals surface area contributed by atoms with Crippen LogP contribution in [0.4, 0.5) is 10.1 Å². The molecule has 2 aromatic carbocycles. The molecule has 0 atom stereocenters. The van der Waals surface area contributed by atoms with Crippen molar-refractivity contribution in [3.63, 3.8) is 0 Å². The number of amides is 1. The summed E-state index contributed by atoms with van der Waals surface area (Å²) in [7, 11) is -3.77. The predicted octanol–water partition coefficient (Wildman–Crippen LogP) is 1.64. The van der Waals surface area contributed by atoms with E-state index in [9.17, 15) is 17.6 Å². The molecular formula is C19H19FN4O3S. The second-order valence-corrected chi connectivity index (χ2v) is 8.25. The Labute approximate surface area is 163 Å². The quantitative estimate of drug-likeness (QED) is 0.821. The van der Waals surface area contributed by atoms with Crippen LogP contribution < -0.4 is 5.32 Å². The Bertz CT molecular complexity index is 1010. The van der Waals surface area contributed by atoms with E-state index in [2.05, 4.69) is 5.32 Å². The van der Waals surface area contributed by atoms with Gasteiger partial charge in [0.2, 0.25) is 15.9 Å². The van der Waals surface area contributed by atoms with Gasteiger partial charge >= 0.3 is 0 Å². The number of nitriles is 1. The second-order valence-electron chi connectivity index (χ2n) is 6.35. The minimum Gasteiger partial charge on any atom is -0.325 e. The highest BCUT2D eigenvalue weighted by atomic mass is 32.2. The molecule has 146 valence electrons. The van der Waals surface area contributed by atoms with E-state index in [0.717, 1.165) is 0 Å². The first-order chi connectivity index (χ1) is 13.4. The van der Waals surface area contributed by atoms with Crippen molar-refractivity contribution in [3.8, 4) is 6.07 Å². The van der Waals surface area contributed by atoms with E-state index >= 15 is 0 Å². The lowest BCUT2D eigenvalue weighted by molar-refractivity contribution is -0.117. The number of rotatable bonds is 5. The lowest BCUT2D eigenvalue weighted by Gasteiger charge is -2.33. The van der Waals surface area contributed by atoms with Gasteiger partial charge in [0.15, 0.2) is 0 Å². The fourth-order valence-corrected chi connectivity index (χ4v) is 4.59. The number of piperazine rings is 1. The van der Waals surface area contributed by atoms with Crippen molar-refractivity contribution in [2.45, 2.75) is 4.90 Å².